The number of nitrogens with zero attached hydrogens (tertiary/aromatic N) is 2. The average molecular weight is 741 g/mol. The quantitative estimate of drug-likeness (QED) is 0.175. The molecule has 2 heterocycles. The molecule has 0 saturated carbocycles. The second-order valence-electron chi connectivity index (χ2n) is 15.2. The number of benzene rings is 9. The Morgan fingerprint density at radius 3 is 1.62 bits per heavy atom. The number of aromatic nitrogens is 1. The number of para-hydroxylation sites is 3. The highest BCUT2D eigenvalue weighted by Crippen LogP contribution is 2.63. The Hall–Kier alpha value is -7.62. The summed E-state index contributed by atoms with van der Waals surface area (Å²) in [5.74, 6) is 1.78. The third-order valence-electron chi connectivity index (χ3n) is 12.3. The molecule has 1 aliphatic carbocycles. The first kappa shape index (κ1) is 32.6. The van der Waals surface area contributed by atoms with Crippen molar-refractivity contribution in [2.75, 3.05) is 4.90 Å². The zero-order valence-electron chi connectivity index (χ0n) is 31.6. The van der Waals surface area contributed by atoms with Crippen molar-refractivity contribution < 1.29 is 4.74 Å². The minimum Gasteiger partial charge on any atom is -0.454 e. The van der Waals surface area contributed by atoms with Gasteiger partial charge >= 0.3 is 0 Å². The number of anilines is 3. The smallest absolute Gasteiger partial charge is 0.156 e. The first-order valence-electron chi connectivity index (χ1n) is 19.9. The first-order chi connectivity index (χ1) is 28.8. The zero-order chi connectivity index (χ0) is 38.2. The van der Waals surface area contributed by atoms with E-state index in [1.165, 1.54) is 44.3 Å². The van der Waals surface area contributed by atoms with Crippen LogP contribution in [0, 0.1) is 0 Å². The molecule has 0 atom stereocenters. The molecule has 1 aromatic heterocycles. The third kappa shape index (κ3) is 4.62. The fourth-order valence-electron chi connectivity index (χ4n) is 9.84. The molecule has 0 bridgehead atoms. The topological polar surface area (TPSA) is 17.4 Å². The highest BCUT2D eigenvalue weighted by molar-refractivity contribution is 6.12. The Kier molecular flexibility index (Phi) is 7.14. The molecule has 0 saturated heterocycles. The minimum atomic E-state index is -0.539. The standard InChI is InChI=1S/C55H36N2O/c1-3-15-37(16-4-1)38-27-29-40(30-28-38)56(39-17-5-2-6-18-39)41-31-33-42(34-32-41)57-51-25-13-9-21-45(51)46-35-36-50-54(53(46)57)58-52-26-14-12-24-49(52)55(50)47-22-10-7-19-43(47)44-20-8-11-23-48(44)55/h1-36H. The Morgan fingerprint density at radius 2 is 0.914 bits per heavy atom. The van der Waals surface area contributed by atoms with Crippen LogP contribution in [-0.2, 0) is 5.41 Å². The van der Waals surface area contributed by atoms with Crippen LogP contribution in [0.4, 0.5) is 17.1 Å². The van der Waals surface area contributed by atoms with E-state index in [9.17, 15) is 0 Å². The summed E-state index contributed by atoms with van der Waals surface area (Å²) in [6, 6.07) is 78.8. The van der Waals surface area contributed by atoms with Crippen LogP contribution >= 0.6 is 0 Å². The Labute approximate surface area is 337 Å². The maximum Gasteiger partial charge on any atom is 0.156 e. The van der Waals surface area contributed by atoms with Crippen molar-refractivity contribution >= 4 is 38.9 Å². The molecule has 2 aliphatic rings. The number of hydrogen-bond donors (Lipinski definition) is 0. The van der Waals surface area contributed by atoms with Crippen LogP contribution in [0.25, 0.3) is 49.7 Å². The predicted molar refractivity (Wildman–Crippen MR) is 238 cm³/mol. The molecule has 0 radical (unpaired) electrons. The van der Waals surface area contributed by atoms with Gasteiger partial charge in [0.1, 0.15) is 5.75 Å². The SMILES string of the molecule is c1ccc(-c2ccc(N(c3ccccc3)c3ccc(-n4c5ccccc5c5ccc6c(c54)Oc4ccccc4C64c5ccccc5-c5ccccc54)cc3)cc2)cc1. The monoisotopic (exact) mass is 740 g/mol. The molecule has 1 spiro atoms. The van der Waals surface area contributed by atoms with Crippen molar-refractivity contribution in [2.45, 2.75) is 5.41 Å². The van der Waals surface area contributed by atoms with Crippen LogP contribution in [0.1, 0.15) is 22.3 Å². The lowest BCUT2D eigenvalue weighted by atomic mass is 9.66. The van der Waals surface area contributed by atoms with Gasteiger partial charge in [-0.05, 0) is 94.0 Å². The fourth-order valence-corrected chi connectivity index (χ4v) is 9.84. The van der Waals surface area contributed by atoms with E-state index in [2.05, 4.69) is 228 Å². The van der Waals surface area contributed by atoms with E-state index < -0.39 is 5.41 Å². The van der Waals surface area contributed by atoms with Crippen LogP contribution in [0.3, 0.4) is 0 Å². The highest BCUT2D eigenvalue weighted by Gasteiger charge is 2.51. The van der Waals surface area contributed by atoms with Crippen molar-refractivity contribution in [3.8, 4) is 39.4 Å². The molecule has 272 valence electrons. The number of rotatable bonds is 5. The summed E-state index contributed by atoms with van der Waals surface area (Å²) in [5.41, 5.74) is 15.9. The third-order valence-corrected chi connectivity index (χ3v) is 12.3. The molecular weight excluding hydrogens is 705 g/mol. The van der Waals surface area contributed by atoms with Crippen molar-refractivity contribution in [1.29, 1.82) is 0 Å². The largest absolute Gasteiger partial charge is 0.454 e. The van der Waals surface area contributed by atoms with Gasteiger partial charge in [-0.2, -0.15) is 0 Å². The Balaban J connectivity index is 1.06. The van der Waals surface area contributed by atoms with Gasteiger partial charge in [0.2, 0.25) is 0 Å². The lowest BCUT2D eigenvalue weighted by Crippen LogP contribution is -2.32. The lowest BCUT2D eigenvalue weighted by molar-refractivity contribution is 0.440. The Bertz CT molecular complexity index is 3140. The number of ether oxygens (including phenoxy) is 1. The van der Waals surface area contributed by atoms with Crippen molar-refractivity contribution in [3.05, 3.63) is 241 Å². The van der Waals surface area contributed by atoms with Crippen LogP contribution in [0.5, 0.6) is 11.5 Å². The molecule has 9 aromatic carbocycles. The summed E-state index contributed by atoms with van der Waals surface area (Å²) >= 11 is 0. The molecule has 0 amide bonds. The maximum absolute atomic E-state index is 7.19. The van der Waals surface area contributed by atoms with Gasteiger partial charge in [0.25, 0.3) is 0 Å². The summed E-state index contributed by atoms with van der Waals surface area (Å²) < 4.78 is 9.60. The summed E-state index contributed by atoms with van der Waals surface area (Å²) in [5, 5.41) is 2.36. The lowest BCUT2D eigenvalue weighted by Gasteiger charge is -2.39. The second-order valence-corrected chi connectivity index (χ2v) is 15.2. The highest BCUT2D eigenvalue weighted by atomic mass is 16.5. The van der Waals surface area contributed by atoms with Crippen LogP contribution < -0.4 is 9.64 Å². The van der Waals surface area contributed by atoms with E-state index in [0.29, 0.717) is 0 Å². The molecule has 0 fully saturated rings. The molecule has 12 rings (SSSR count). The molecule has 1 aliphatic heterocycles. The first-order valence-corrected chi connectivity index (χ1v) is 19.9. The van der Waals surface area contributed by atoms with Gasteiger partial charge in [0.15, 0.2) is 5.75 Å². The summed E-state index contributed by atoms with van der Waals surface area (Å²) in [6.45, 7) is 0. The van der Waals surface area contributed by atoms with E-state index in [1.54, 1.807) is 0 Å². The van der Waals surface area contributed by atoms with Gasteiger partial charge in [-0.1, -0.05) is 158 Å². The van der Waals surface area contributed by atoms with E-state index in [0.717, 1.165) is 56.2 Å². The summed E-state index contributed by atoms with van der Waals surface area (Å²) in [4.78, 5) is 2.32. The van der Waals surface area contributed by atoms with E-state index in [-0.39, 0.29) is 0 Å². The van der Waals surface area contributed by atoms with Crippen molar-refractivity contribution in [3.63, 3.8) is 0 Å². The molecule has 10 aromatic rings. The molecule has 58 heavy (non-hydrogen) atoms. The van der Waals surface area contributed by atoms with Gasteiger partial charge in [0, 0.05) is 44.6 Å². The maximum atomic E-state index is 7.19. The number of hydrogen-bond acceptors (Lipinski definition) is 2. The van der Waals surface area contributed by atoms with E-state index in [4.69, 9.17) is 4.74 Å². The van der Waals surface area contributed by atoms with Crippen LogP contribution in [-0.4, -0.2) is 4.57 Å². The van der Waals surface area contributed by atoms with Gasteiger partial charge in [-0.25, -0.2) is 0 Å². The van der Waals surface area contributed by atoms with Gasteiger partial charge < -0.3 is 14.2 Å². The normalized spacial score (nSPS) is 13.1. The molecule has 3 nitrogen and oxygen atoms in total. The molecule has 0 unspecified atom stereocenters. The molecular formula is C55H36N2O. The fraction of sp³-hybridized carbons (Fsp3) is 0.0182. The number of fused-ring (bicyclic) bond motifs is 13. The van der Waals surface area contributed by atoms with Crippen LogP contribution in [0.2, 0.25) is 0 Å². The van der Waals surface area contributed by atoms with Crippen LogP contribution in [0.15, 0.2) is 218 Å². The van der Waals surface area contributed by atoms with E-state index in [1.807, 2.05) is 0 Å². The van der Waals surface area contributed by atoms with E-state index >= 15 is 0 Å². The second kappa shape index (κ2) is 12.7. The summed E-state index contributed by atoms with van der Waals surface area (Å²) in [7, 11) is 0. The Morgan fingerprint density at radius 1 is 0.379 bits per heavy atom. The minimum absolute atomic E-state index is 0.539. The molecule has 0 N–H and O–H groups in total. The van der Waals surface area contributed by atoms with Crippen molar-refractivity contribution in [1.82, 2.24) is 4.57 Å². The zero-order valence-corrected chi connectivity index (χ0v) is 31.6. The molecule has 3 heteroatoms. The van der Waals surface area contributed by atoms with Gasteiger partial charge in [0.05, 0.1) is 16.4 Å². The summed E-state index contributed by atoms with van der Waals surface area (Å²) in [6.07, 6.45) is 0. The van der Waals surface area contributed by atoms with Gasteiger partial charge in [-0.15, -0.1) is 0 Å². The average Bonchev–Trinajstić information content (AvgIpc) is 3.79. The van der Waals surface area contributed by atoms with Crippen molar-refractivity contribution in [2.24, 2.45) is 0 Å². The van der Waals surface area contributed by atoms with Gasteiger partial charge in [-0.3, -0.25) is 0 Å². The predicted octanol–water partition coefficient (Wildman–Crippen LogP) is 14.4.